The molecular weight excluding hydrogens is 362 g/mol. The molecule has 1 aromatic carbocycles. The smallest absolute Gasteiger partial charge is 0.210 e. The van der Waals surface area contributed by atoms with Gasteiger partial charge in [-0.15, -0.1) is 10.2 Å². The fourth-order valence-corrected chi connectivity index (χ4v) is 7.50. The van der Waals surface area contributed by atoms with Gasteiger partial charge in [0.2, 0.25) is 5.13 Å². The van der Waals surface area contributed by atoms with Crippen molar-refractivity contribution in [3.05, 3.63) is 30.3 Å². The minimum Gasteiger partial charge on any atom is -0.330 e. The molecule has 0 atom stereocenters. The first-order valence-electron chi connectivity index (χ1n) is 9.50. The lowest BCUT2D eigenvalue weighted by Crippen LogP contribution is -2.50. The van der Waals surface area contributed by atoms with Crippen LogP contribution in [0.5, 0.6) is 0 Å². The van der Waals surface area contributed by atoms with E-state index in [0.29, 0.717) is 11.5 Å². The SMILES string of the molecule is O=C(CSc1nnc(Nc2ccccc2)s1)C12CC3CC(CC(C3)C1)C2. The average molecular weight is 386 g/mol. The van der Waals surface area contributed by atoms with Gasteiger partial charge in [0.15, 0.2) is 4.34 Å². The van der Waals surface area contributed by atoms with Crippen LogP contribution in [0.3, 0.4) is 0 Å². The largest absolute Gasteiger partial charge is 0.330 e. The second-order valence-corrected chi connectivity index (χ2v) is 10.5. The standard InChI is InChI=1S/C20H23N3OS2/c24-17(20-9-13-6-14(10-20)8-15(7-13)11-20)12-25-19-23-22-18(26-19)21-16-4-2-1-3-5-16/h1-5,13-15H,6-12H2,(H,21,22). The maximum Gasteiger partial charge on any atom is 0.210 e. The molecule has 4 saturated carbocycles. The third-order valence-electron chi connectivity index (χ3n) is 6.39. The number of para-hydroxylation sites is 1. The lowest BCUT2D eigenvalue weighted by molar-refractivity contribution is -0.141. The van der Waals surface area contributed by atoms with Gasteiger partial charge in [0.1, 0.15) is 5.78 Å². The zero-order valence-corrected chi connectivity index (χ0v) is 16.3. The molecule has 0 spiro atoms. The van der Waals surface area contributed by atoms with Crippen LogP contribution >= 0.6 is 23.1 Å². The van der Waals surface area contributed by atoms with E-state index in [-0.39, 0.29) is 5.41 Å². The fourth-order valence-electron chi connectivity index (χ4n) is 5.70. The van der Waals surface area contributed by atoms with Crippen molar-refractivity contribution < 1.29 is 4.79 Å². The summed E-state index contributed by atoms with van der Waals surface area (Å²) in [4.78, 5) is 13.1. The van der Waals surface area contributed by atoms with Crippen LogP contribution in [-0.4, -0.2) is 21.7 Å². The van der Waals surface area contributed by atoms with Crippen LogP contribution in [0, 0.1) is 23.2 Å². The van der Waals surface area contributed by atoms with E-state index in [9.17, 15) is 4.79 Å². The van der Waals surface area contributed by atoms with E-state index in [4.69, 9.17) is 0 Å². The normalized spacial score (nSPS) is 31.9. The van der Waals surface area contributed by atoms with Crippen molar-refractivity contribution in [3.8, 4) is 0 Å². The summed E-state index contributed by atoms with van der Waals surface area (Å²) in [6, 6.07) is 9.98. The van der Waals surface area contributed by atoms with Gasteiger partial charge in [0, 0.05) is 11.1 Å². The molecular formula is C20H23N3OS2. The number of rotatable bonds is 6. The van der Waals surface area contributed by atoms with Gasteiger partial charge in [-0.25, -0.2) is 0 Å². The molecule has 4 fully saturated rings. The molecule has 0 aliphatic heterocycles. The van der Waals surface area contributed by atoms with Crippen molar-refractivity contribution in [3.63, 3.8) is 0 Å². The summed E-state index contributed by atoms with van der Waals surface area (Å²) in [6.45, 7) is 0. The van der Waals surface area contributed by atoms with Gasteiger partial charge >= 0.3 is 0 Å². The predicted octanol–water partition coefficient (Wildman–Crippen LogP) is 5.16. The summed E-state index contributed by atoms with van der Waals surface area (Å²) in [5, 5.41) is 12.5. The van der Waals surface area contributed by atoms with Crippen LogP contribution in [0.4, 0.5) is 10.8 Å². The Morgan fingerprint density at radius 2 is 1.73 bits per heavy atom. The number of Topliss-reactive ketones (excluding diaryl/α,β-unsaturated/α-hetero) is 1. The van der Waals surface area contributed by atoms with Gasteiger partial charge in [-0.3, -0.25) is 4.79 Å². The molecule has 6 heteroatoms. The third kappa shape index (κ3) is 3.18. The third-order valence-corrected chi connectivity index (χ3v) is 8.36. The van der Waals surface area contributed by atoms with Crippen molar-refractivity contribution in [2.24, 2.45) is 23.2 Å². The summed E-state index contributed by atoms with van der Waals surface area (Å²) in [5.41, 5.74) is 1.00. The molecule has 26 heavy (non-hydrogen) atoms. The van der Waals surface area contributed by atoms with Crippen molar-refractivity contribution in [1.29, 1.82) is 0 Å². The number of hydrogen-bond donors (Lipinski definition) is 1. The highest BCUT2D eigenvalue weighted by molar-refractivity contribution is 8.01. The van der Waals surface area contributed by atoms with E-state index >= 15 is 0 Å². The van der Waals surface area contributed by atoms with Crippen LogP contribution < -0.4 is 5.32 Å². The van der Waals surface area contributed by atoms with Gasteiger partial charge in [-0.05, 0) is 68.4 Å². The summed E-state index contributed by atoms with van der Waals surface area (Å²) in [7, 11) is 0. The van der Waals surface area contributed by atoms with Crippen LogP contribution in [0.1, 0.15) is 38.5 Å². The van der Waals surface area contributed by atoms with Gasteiger partial charge in [-0.2, -0.15) is 0 Å². The fraction of sp³-hybridized carbons (Fsp3) is 0.550. The van der Waals surface area contributed by atoms with Crippen molar-refractivity contribution in [1.82, 2.24) is 10.2 Å². The lowest BCUT2D eigenvalue weighted by Gasteiger charge is -2.56. The number of ketones is 1. The number of nitrogens with one attached hydrogen (secondary N) is 1. The van der Waals surface area contributed by atoms with Crippen molar-refractivity contribution in [2.75, 3.05) is 11.1 Å². The molecule has 0 amide bonds. The molecule has 0 saturated heterocycles. The van der Waals surface area contributed by atoms with E-state index < -0.39 is 0 Å². The summed E-state index contributed by atoms with van der Waals surface area (Å²) in [6.07, 6.45) is 7.58. The summed E-state index contributed by atoms with van der Waals surface area (Å²) in [5.74, 6) is 3.47. The van der Waals surface area contributed by atoms with Crippen molar-refractivity contribution >= 4 is 39.7 Å². The Kier molecular flexibility index (Phi) is 4.28. The van der Waals surface area contributed by atoms with Gasteiger partial charge < -0.3 is 5.32 Å². The molecule has 0 unspecified atom stereocenters. The Morgan fingerprint density at radius 3 is 2.38 bits per heavy atom. The number of carbonyl (C=O) groups excluding carboxylic acids is 1. The van der Waals surface area contributed by atoms with Crippen LogP contribution in [0.2, 0.25) is 0 Å². The first kappa shape index (κ1) is 16.8. The molecule has 1 aromatic heterocycles. The summed E-state index contributed by atoms with van der Waals surface area (Å²) >= 11 is 3.09. The quantitative estimate of drug-likeness (QED) is 0.696. The molecule has 4 aliphatic rings. The number of nitrogens with zero attached hydrogens (tertiary/aromatic N) is 2. The maximum absolute atomic E-state index is 13.1. The Balaban J connectivity index is 1.21. The highest BCUT2D eigenvalue weighted by atomic mass is 32.2. The minimum atomic E-state index is -0.00242. The van der Waals surface area contributed by atoms with Gasteiger partial charge in [-0.1, -0.05) is 41.3 Å². The van der Waals surface area contributed by atoms with E-state index in [1.807, 2.05) is 30.3 Å². The van der Waals surface area contributed by atoms with Gasteiger partial charge in [0.05, 0.1) is 5.75 Å². The zero-order valence-electron chi connectivity index (χ0n) is 14.7. The molecule has 1 heterocycles. The van der Waals surface area contributed by atoms with E-state index in [0.717, 1.165) is 52.2 Å². The van der Waals surface area contributed by atoms with Crippen molar-refractivity contribution in [2.45, 2.75) is 42.9 Å². The van der Waals surface area contributed by atoms with E-state index in [2.05, 4.69) is 15.5 Å². The van der Waals surface area contributed by atoms with Gasteiger partial charge in [0.25, 0.3) is 0 Å². The lowest BCUT2D eigenvalue weighted by atomic mass is 9.48. The zero-order chi connectivity index (χ0) is 17.6. The highest BCUT2D eigenvalue weighted by Gasteiger charge is 2.54. The minimum absolute atomic E-state index is 0.00242. The van der Waals surface area contributed by atoms with Crippen LogP contribution in [-0.2, 0) is 4.79 Å². The van der Waals surface area contributed by atoms with E-state index in [1.54, 1.807) is 11.8 Å². The monoisotopic (exact) mass is 385 g/mol. The molecule has 1 N–H and O–H groups in total. The average Bonchev–Trinajstić information content (AvgIpc) is 3.07. The molecule has 0 radical (unpaired) electrons. The first-order valence-corrected chi connectivity index (χ1v) is 11.3. The first-order chi connectivity index (χ1) is 12.7. The number of anilines is 2. The maximum atomic E-state index is 13.1. The van der Waals surface area contributed by atoms with Crippen LogP contribution in [0.15, 0.2) is 34.7 Å². The summed E-state index contributed by atoms with van der Waals surface area (Å²) < 4.78 is 0.876. The number of hydrogen-bond acceptors (Lipinski definition) is 6. The number of carbonyl (C=O) groups is 1. The number of aromatic nitrogens is 2. The molecule has 136 valence electrons. The molecule has 6 rings (SSSR count). The molecule has 2 aromatic rings. The second-order valence-electron chi connectivity index (χ2n) is 8.27. The molecule has 4 nitrogen and oxygen atoms in total. The Morgan fingerprint density at radius 1 is 1.08 bits per heavy atom. The topological polar surface area (TPSA) is 54.9 Å². The number of thioether (sulfide) groups is 1. The predicted molar refractivity (Wildman–Crippen MR) is 106 cm³/mol. The molecule has 4 aliphatic carbocycles. The number of benzene rings is 1. The second kappa shape index (κ2) is 6.64. The molecule has 4 bridgehead atoms. The van der Waals surface area contributed by atoms with Crippen LogP contribution in [0.25, 0.3) is 0 Å². The van der Waals surface area contributed by atoms with E-state index in [1.165, 1.54) is 30.6 Å². The Bertz CT molecular complexity index is 769. The highest BCUT2D eigenvalue weighted by Crippen LogP contribution is 2.60. The Hall–Kier alpha value is -1.40. The Labute approximate surface area is 162 Å².